The Balaban J connectivity index is 1.93. The predicted molar refractivity (Wildman–Crippen MR) is 52.9 cm³/mol. The summed E-state index contributed by atoms with van der Waals surface area (Å²) in [5.41, 5.74) is 0. The maximum absolute atomic E-state index is 11.2. The Bertz CT molecular complexity index is 357. The average Bonchev–Trinajstić information content (AvgIpc) is 2.90. The van der Waals surface area contributed by atoms with Crippen LogP contribution in [0.1, 0.15) is 36.3 Å². The van der Waals surface area contributed by atoms with Crippen molar-refractivity contribution in [1.29, 1.82) is 0 Å². The zero-order chi connectivity index (χ0) is 11.4. The van der Waals surface area contributed by atoms with Gasteiger partial charge in [-0.1, -0.05) is 5.16 Å². The van der Waals surface area contributed by atoms with E-state index in [1.165, 1.54) is 0 Å². The van der Waals surface area contributed by atoms with Gasteiger partial charge in [0, 0.05) is 13.0 Å². The number of hydrogen-bond acceptors (Lipinski definition) is 6. The molecule has 0 N–H and O–H groups in total. The van der Waals surface area contributed by atoms with E-state index < -0.39 is 5.97 Å². The molecule has 0 aliphatic carbocycles. The van der Waals surface area contributed by atoms with Gasteiger partial charge in [0.15, 0.2) is 5.82 Å². The zero-order valence-electron chi connectivity index (χ0n) is 9.14. The minimum Gasteiger partial charge on any atom is -0.459 e. The van der Waals surface area contributed by atoms with E-state index in [2.05, 4.69) is 10.1 Å². The largest absolute Gasteiger partial charge is 0.459 e. The van der Waals surface area contributed by atoms with Crippen molar-refractivity contribution in [2.45, 2.75) is 32.3 Å². The molecule has 1 atom stereocenters. The van der Waals surface area contributed by atoms with Crippen molar-refractivity contribution in [3.05, 3.63) is 11.7 Å². The molecule has 0 spiro atoms. The summed E-state index contributed by atoms with van der Waals surface area (Å²) in [6, 6.07) is 0. The smallest absolute Gasteiger partial charge is 0.397 e. The summed E-state index contributed by atoms with van der Waals surface area (Å²) in [6.07, 6.45) is 2.80. The normalized spacial score (nSPS) is 19.9. The lowest BCUT2D eigenvalue weighted by Crippen LogP contribution is -2.10. The second kappa shape index (κ2) is 5.07. The van der Waals surface area contributed by atoms with Gasteiger partial charge in [-0.25, -0.2) is 4.79 Å². The number of ether oxygens (including phenoxy) is 2. The highest BCUT2D eigenvalue weighted by Crippen LogP contribution is 2.15. The Hall–Kier alpha value is -1.43. The molecule has 6 nitrogen and oxygen atoms in total. The number of rotatable bonds is 4. The van der Waals surface area contributed by atoms with Gasteiger partial charge in [0.2, 0.25) is 0 Å². The van der Waals surface area contributed by atoms with Crippen LogP contribution in [0.3, 0.4) is 0 Å². The van der Waals surface area contributed by atoms with Crippen LogP contribution in [0.4, 0.5) is 0 Å². The third kappa shape index (κ3) is 2.57. The number of carbonyl (C=O) groups excluding carboxylic acids is 1. The van der Waals surface area contributed by atoms with Crippen molar-refractivity contribution in [3.8, 4) is 0 Å². The topological polar surface area (TPSA) is 74.5 Å². The van der Waals surface area contributed by atoms with Gasteiger partial charge in [0.05, 0.1) is 12.7 Å². The Morgan fingerprint density at radius 1 is 1.62 bits per heavy atom. The molecule has 1 saturated heterocycles. The van der Waals surface area contributed by atoms with E-state index in [1.807, 2.05) is 0 Å². The molecule has 2 heterocycles. The fraction of sp³-hybridized carbons (Fsp3) is 0.700. The van der Waals surface area contributed by atoms with E-state index in [0.717, 1.165) is 19.4 Å². The number of aromatic nitrogens is 2. The SMILES string of the molecule is CCOC(=O)c1nc(CC2CCCO2)no1. The monoisotopic (exact) mass is 226 g/mol. The number of carbonyl (C=O) groups is 1. The van der Waals surface area contributed by atoms with Gasteiger partial charge in [-0.3, -0.25) is 0 Å². The lowest BCUT2D eigenvalue weighted by atomic mass is 10.2. The van der Waals surface area contributed by atoms with Crippen LogP contribution in [0.15, 0.2) is 4.52 Å². The summed E-state index contributed by atoms with van der Waals surface area (Å²) in [6.45, 7) is 2.80. The molecule has 0 radical (unpaired) electrons. The lowest BCUT2D eigenvalue weighted by molar-refractivity contribution is 0.0470. The first kappa shape index (κ1) is 11.1. The maximum atomic E-state index is 11.2. The van der Waals surface area contributed by atoms with Crippen LogP contribution >= 0.6 is 0 Å². The van der Waals surface area contributed by atoms with E-state index in [0.29, 0.717) is 18.9 Å². The molecule has 1 aromatic heterocycles. The summed E-state index contributed by atoms with van der Waals surface area (Å²) in [4.78, 5) is 15.2. The maximum Gasteiger partial charge on any atom is 0.397 e. The summed E-state index contributed by atoms with van der Waals surface area (Å²) in [5.74, 6) is -0.168. The van der Waals surface area contributed by atoms with Crippen LogP contribution in [0, 0.1) is 0 Å². The van der Waals surface area contributed by atoms with Gasteiger partial charge in [0.25, 0.3) is 0 Å². The number of hydrogen-bond donors (Lipinski definition) is 0. The van der Waals surface area contributed by atoms with E-state index in [-0.39, 0.29) is 12.0 Å². The summed E-state index contributed by atoms with van der Waals surface area (Å²) in [7, 11) is 0. The number of nitrogens with zero attached hydrogens (tertiary/aromatic N) is 2. The van der Waals surface area contributed by atoms with Gasteiger partial charge in [-0.15, -0.1) is 0 Å². The quantitative estimate of drug-likeness (QED) is 0.712. The summed E-state index contributed by atoms with van der Waals surface area (Å²) >= 11 is 0. The predicted octanol–water partition coefficient (Wildman–Crippen LogP) is 0.968. The second-order valence-corrected chi connectivity index (χ2v) is 3.58. The highest BCUT2D eigenvalue weighted by atomic mass is 16.6. The van der Waals surface area contributed by atoms with Crippen molar-refractivity contribution in [3.63, 3.8) is 0 Å². The van der Waals surface area contributed by atoms with Crippen molar-refractivity contribution < 1.29 is 18.8 Å². The Morgan fingerprint density at radius 2 is 2.50 bits per heavy atom. The molecular formula is C10H14N2O4. The van der Waals surface area contributed by atoms with Gasteiger partial charge in [-0.05, 0) is 19.8 Å². The Labute approximate surface area is 92.9 Å². The van der Waals surface area contributed by atoms with Crippen LogP contribution in [-0.4, -0.2) is 35.4 Å². The highest BCUT2D eigenvalue weighted by Gasteiger charge is 2.21. The fourth-order valence-corrected chi connectivity index (χ4v) is 1.62. The van der Waals surface area contributed by atoms with Crippen molar-refractivity contribution in [1.82, 2.24) is 10.1 Å². The minimum atomic E-state index is -0.575. The van der Waals surface area contributed by atoms with Gasteiger partial charge < -0.3 is 14.0 Å². The van der Waals surface area contributed by atoms with Crippen LogP contribution < -0.4 is 0 Å². The molecule has 16 heavy (non-hydrogen) atoms. The molecule has 1 aliphatic heterocycles. The van der Waals surface area contributed by atoms with E-state index in [1.54, 1.807) is 6.92 Å². The minimum absolute atomic E-state index is 0.0881. The first-order chi connectivity index (χ1) is 7.79. The molecule has 1 fully saturated rings. The molecule has 0 bridgehead atoms. The standard InChI is InChI=1S/C10H14N2O4/c1-2-14-10(13)9-11-8(12-16-9)6-7-4-3-5-15-7/h7H,2-6H2,1H3. The van der Waals surface area contributed by atoms with Crippen molar-refractivity contribution in [2.75, 3.05) is 13.2 Å². The fourth-order valence-electron chi connectivity index (χ4n) is 1.62. The number of esters is 1. The molecule has 1 aromatic rings. The van der Waals surface area contributed by atoms with Gasteiger partial charge >= 0.3 is 11.9 Å². The van der Waals surface area contributed by atoms with Crippen LogP contribution in [0.5, 0.6) is 0 Å². The molecule has 0 saturated carbocycles. The first-order valence-corrected chi connectivity index (χ1v) is 5.41. The van der Waals surface area contributed by atoms with Crippen LogP contribution in [0.2, 0.25) is 0 Å². The molecule has 88 valence electrons. The van der Waals surface area contributed by atoms with Gasteiger partial charge in [0.1, 0.15) is 0 Å². The van der Waals surface area contributed by atoms with Crippen LogP contribution in [0.25, 0.3) is 0 Å². The third-order valence-electron chi connectivity index (χ3n) is 2.35. The molecule has 2 rings (SSSR count). The lowest BCUT2D eigenvalue weighted by Gasteiger charge is -2.03. The summed E-state index contributed by atoms with van der Waals surface area (Å²) in [5, 5.41) is 3.72. The van der Waals surface area contributed by atoms with E-state index in [9.17, 15) is 4.79 Å². The third-order valence-corrected chi connectivity index (χ3v) is 2.35. The highest BCUT2D eigenvalue weighted by molar-refractivity contribution is 5.83. The molecule has 1 aliphatic rings. The molecule has 6 heteroatoms. The van der Waals surface area contributed by atoms with Crippen molar-refractivity contribution >= 4 is 5.97 Å². The summed E-state index contributed by atoms with van der Waals surface area (Å²) < 4.78 is 15.0. The Morgan fingerprint density at radius 3 is 3.19 bits per heavy atom. The van der Waals surface area contributed by atoms with E-state index in [4.69, 9.17) is 14.0 Å². The van der Waals surface area contributed by atoms with Crippen LogP contribution in [-0.2, 0) is 15.9 Å². The van der Waals surface area contributed by atoms with Gasteiger partial charge in [-0.2, -0.15) is 4.98 Å². The first-order valence-electron chi connectivity index (χ1n) is 5.41. The van der Waals surface area contributed by atoms with Crippen molar-refractivity contribution in [2.24, 2.45) is 0 Å². The molecule has 0 aromatic carbocycles. The molecule has 0 amide bonds. The molecule has 1 unspecified atom stereocenters. The van der Waals surface area contributed by atoms with E-state index >= 15 is 0 Å². The average molecular weight is 226 g/mol. The molecular weight excluding hydrogens is 212 g/mol. The Kier molecular flexibility index (Phi) is 3.51. The second-order valence-electron chi connectivity index (χ2n) is 3.58. The zero-order valence-corrected chi connectivity index (χ0v) is 9.14.